The summed E-state index contributed by atoms with van der Waals surface area (Å²) in [6.07, 6.45) is 1.46. The van der Waals surface area contributed by atoms with Gasteiger partial charge in [-0.1, -0.05) is 29.8 Å². The van der Waals surface area contributed by atoms with E-state index < -0.39 is 35.0 Å². The molecule has 4 N–H and O–H groups in total. The van der Waals surface area contributed by atoms with Crippen LogP contribution in [0.15, 0.2) is 42.5 Å². The van der Waals surface area contributed by atoms with E-state index in [2.05, 4.69) is 16.1 Å². The Kier molecular flexibility index (Phi) is 7.50. The molecule has 6 rings (SSSR count). The molecule has 2 aromatic carbocycles. The molecule has 1 aliphatic heterocycles. The number of amides is 2. The number of aliphatic hydroxyl groups is 1. The van der Waals surface area contributed by atoms with Crippen LogP contribution in [0.25, 0.3) is 0 Å². The Morgan fingerprint density at radius 3 is 2.66 bits per heavy atom. The lowest BCUT2D eigenvalue weighted by Gasteiger charge is -2.56. The SMILES string of the molecule is COc1ccccc1C1CC(C(=O)NC23CCC(NC(=O)COc4ccc(Cl)c(F)c4)(CC2)C(O)C3)ON1. The van der Waals surface area contributed by atoms with Gasteiger partial charge in [-0.3, -0.25) is 14.4 Å². The molecule has 1 saturated heterocycles. The number of aliphatic hydroxyl groups excluding tert-OH is 1. The molecular weight excluding hydrogens is 517 g/mol. The van der Waals surface area contributed by atoms with Gasteiger partial charge in [-0.2, -0.15) is 5.48 Å². The highest BCUT2D eigenvalue weighted by Gasteiger charge is 2.55. The summed E-state index contributed by atoms with van der Waals surface area (Å²) >= 11 is 5.67. The maximum absolute atomic E-state index is 13.6. The van der Waals surface area contributed by atoms with Crippen molar-refractivity contribution in [3.8, 4) is 11.5 Å². The topological polar surface area (TPSA) is 118 Å². The zero-order valence-electron chi connectivity index (χ0n) is 21.0. The van der Waals surface area contributed by atoms with Gasteiger partial charge in [-0.05, 0) is 50.3 Å². The maximum atomic E-state index is 13.6. The number of halogens is 2. The van der Waals surface area contributed by atoms with Crippen LogP contribution in [-0.4, -0.2) is 53.9 Å². The van der Waals surface area contributed by atoms with Crippen LogP contribution in [0.5, 0.6) is 11.5 Å². The van der Waals surface area contributed by atoms with Gasteiger partial charge in [0.05, 0.1) is 29.8 Å². The molecule has 1 heterocycles. The lowest BCUT2D eigenvalue weighted by atomic mass is 9.59. The van der Waals surface area contributed by atoms with Gasteiger partial charge in [0.25, 0.3) is 11.8 Å². The molecule has 3 saturated carbocycles. The van der Waals surface area contributed by atoms with Gasteiger partial charge in [0.1, 0.15) is 17.3 Å². The van der Waals surface area contributed by atoms with Crippen LogP contribution in [0, 0.1) is 5.82 Å². The molecule has 204 valence electrons. The fraction of sp³-hybridized carbons (Fsp3) is 0.481. The van der Waals surface area contributed by atoms with E-state index in [0.29, 0.717) is 38.5 Å². The van der Waals surface area contributed by atoms with E-state index in [-0.39, 0.29) is 29.3 Å². The average Bonchev–Trinajstić information content (AvgIpc) is 3.41. The van der Waals surface area contributed by atoms with Crippen molar-refractivity contribution < 1.29 is 33.4 Å². The van der Waals surface area contributed by atoms with E-state index in [4.69, 9.17) is 25.9 Å². The van der Waals surface area contributed by atoms with Crippen molar-refractivity contribution in [3.63, 3.8) is 0 Å². The number of rotatable bonds is 8. The minimum Gasteiger partial charge on any atom is -0.496 e. The largest absolute Gasteiger partial charge is 0.496 e. The molecule has 11 heteroatoms. The first-order valence-corrected chi connectivity index (χ1v) is 13.0. The molecule has 0 radical (unpaired) electrons. The third kappa shape index (κ3) is 5.31. The summed E-state index contributed by atoms with van der Waals surface area (Å²) < 4.78 is 24.4. The van der Waals surface area contributed by atoms with Crippen molar-refractivity contribution in [2.24, 2.45) is 0 Å². The first kappa shape index (κ1) is 26.7. The smallest absolute Gasteiger partial charge is 0.258 e. The summed E-state index contributed by atoms with van der Waals surface area (Å²) in [6, 6.07) is 11.4. The zero-order chi connectivity index (χ0) is 26.9. The van der Waals surface area contributed by atoms with Crippen LogP contribution in [-0.2, 0) is 14.4 Å². The first-order valence-electron chi connectivity index (χ1n) is 12.7. The Bertz CT molecular complexity index is 1210. The highest BCUT2D eigenvalue weighted by Crippen LogP contribution is 2.47. The molecule has 4 aliphatic rings. The fourth-order valence-electron chi connectivity index (χ4n) is 5.81. The van der Waals surface area contributed by atoms with Crippen LogP contribution in [0.3, 0.4) is 0 Å². The van der Waals surface area contributed by atoms with E-state index in [0.717, 1.165) is 17.4 Å². The molecule has 2 amide bonds. The number of carbonyl (C=O) groups excluding carboxylic acids is 2. The summed E-state index contributed by atoms with van der Waals surface area (Å²) in [6.45, 7) is -0.323. The average molecular weight is 548 g/mol. The zero-order valence-corrected chi connectivity index (χ0v) is 21.7. The van der Waals surface area contributed by atoms with Crippen LogP contribution in [0.1, 0.15) is 50.1 Å². The number of hydrogen-bond donors (Lipinski definition) is 4. The number of methoxy groups -OCH3 is 1. The number of fused-ring (bicyclic) bond motifs is 3. The molecule has 4 fully saturated rings. The number of benzene rings is 2. The molecule has 3 atom stereocenters. The highest BCUT2D eigenvalue weighted by atomic mass is 35.5. The molecule has 3 unspecified atom stereocenters. The maximum Gasteiger partial charge on any atom is 0.258 e. The Hall–Kier alpha value is -2.92. The second-order valence-electron chi connectivity index (χ2n) is 10.3. The van der Waals surface area contributed by atoms with Crippen molar-refractivity contribution >= 4 is 23.4 Å². The molecule has 3 aliphatic carbocycles. The van der Waals surface area contributed by atoms with Gasteiger partial charge in [-0.15, -0.1) is 0 Å². The van der Waals surface area contributed by atoms with E-state index in [1.54, 1.807) is 7.11 Å². The second kappa shape index (κ2) is 10.7. The molecule has 2 bridgehead atoms. The summed E-state index contributed by atoms with van der Waals surface area (Å²) in [5, 5.41) is 17.1. The summed E-state index contributed by atoms with van der Waals surface area (Å²) in [4.78, 5) is 31.4. The van der Waals surface area contributed by atoms with E-state index in [1.807, 2.05) is 24.3 Å². The van der Waals surface area contributed by atoms with E-state index >= 15 is 0 Å². The van der Waals surface area contributed by atoms with Gasteiger partial charge in [0, 0.05) is 23.6 Å². The van der Waals surface area contributed by atoms with Gasteiger partial charge in [0.15, 0.2) is 12.7 Å². The standard InChI is InChI=1S/C27H31ClFN3O6/c1-36-21-5-3-2-4-17(21)20-13-22(38-32-20)25(35)31-26-8-10-27(11-9-26,23(33)14-26)30-24(34)15-37-16-6-7-18(28)19(29)12-16/h2-7,12,20,22-23,32-33H,8-11,13-15H2,1H3,(H,30,34)(H,31,35). The first-order chi connectivity index (χ1) is 18.2. The van der Waals surface area contributed by atoms with Gasteiger partial charge in [0.2, 0.25) is 0 Å². The van der Waals surface area contributed by atoms with Crippen LogP contribution >= 0.6 is 11.6 Å². The molecular formula is C27H31ClFN3O6. The van der Waals surface area contributed by atoms with Crippen molar-refractivity contribution in [1.29, 1.82) is 0 Å². The molecule has 38 heavy (non-hydrogen) atoms. The number of hydrogen-bond acceptors (Lipinski definition) is 7. The molecule has 9 nitrogen and oxygen atoms in total. The second-order valence-corrected chi connectivity index (χ2v) is 10.7. The Balaban J connectivity index is 1.14. The van der Waals surface area contributed by atoms with Crippen molar-refractivity contribution in [3.05, 3.63) is 58.9 Å². The summed E-state index contributed by atoms with van der Waals surface area (Å²) in [5.74, 6) is -0.369. The summed E-state index contributed by atoms with van der Waals surface area (Å²) in [7, 11) is 1.60. The van der Waals surface area contributed by atoms with Crippen LogP contribution in [0.2, 0.25) is 5.02 Å². The van der Waals surface area contributed by atoms with Crippen molar-refractivity contribution in [2.45, 2.75) is 67.9 Å². The van der Waals surface area contributed by atoms with Gasteiger partial charge < -0.3 is 25.2 Å². The lowest BCUT2D eigenvalue weighted by molar-refractivity contribution is -0.142. The summed E-state index contributed by atoms with van der Waals surface area (Å²) in [5.41, 5.74) is 2.51. The molecule has 0 spiro atoms. The third-order valence-electron chi connectivity index (χ3n) is 7.97. The fourth-order valence-corrected chi connectivity index (χ4v) is 5.93. The van der Waals surface area contributed by atoms with E-state index in [1.165, 1.54) is 12.1 Å². The Morgan fingerprint density at radius 2 is 1.95 bits per heavy atom. The van der Waals surface area contributed by atoms with Crippen LogP contribution < -0.4 is 25.6 Å². The van der Waals surface area contributed by atoms with Gasteiger partial charge >= 0.3 is 0 Å². The monoisotopic (exact) mass is 547 g/mol. The predicted molar refractivity (Wildman–Crippen MR) is 136 cm³/mol. The number of hydroxylamine groups is 1. The normalized spacial score (nSPS) is 30.1. The Labute approximate surface area is 224 Å². The highest BCUT2D eigenvalue weighted by molar-refractivity contribution is 6.30. The van der Waals surface area contributed by atoms with E-state index in [9.17, 15) is 19.1 Å². The van der Waals surface area contributed by atoms with Crippen LogP contribution in [0.4, 0.5) is 4.39 Å². The molecule has 0 aromatic heterocycles. The van der Waals surface area contributed by atoms with Crippen molar-refractivity contribution in [2.75, 3.05) is 13.7 Å². The minimum atomic E-state index is -0.842. The third-order valence-corrected chi connectivity index (χ3v) is 8.27. The number of ether oxygens (including phenoxy) is 2. The lowest BCUT2D eigenvalue weighted by Crippen LogP contribution is -2.70. The predicted octanol–water partition coefficient (Wildman–Crippen LogP) is 2.95. The molecule has 2 aromatic rings. The number of nitrogens with one attached hydrogen (secondary N) is 3. The quantitative estimate of drug-likeness (QED) is 0.401. The van der Waals surface area contributed by atoms with Crippen molar-refractivity contribution in [1.82, 2.24) is 16.1 Å². The Morgan fingerprint density at radius 1 is 1.18 bits per heavy atom. The number of para-hydroxylation sites is 1. The number of carbonyl (C=O) groups is 2. The minimum absolute atomic E-state index is 0.0317. The van der Waals surface area contributed by atoms with Gasteiger partial charge in [-0.25, -0.2) is 4.39 Å².